The van der Waals surface area contributed by atoms with E-state index in [4.69, 9.17) is 5.11 Å². The number of Topliss-reactive ketones (excluding diaryl/α,β-unsaturated/α-hetero) is 1. The summed E-state index contributed by atoms with van der Waals surface area (Å²) in [7, 11) is 0. The predicted molar refractivity (Wildman–Crippen MR) is 87.4 cm³/mol. The van der Waals surface area contributed by atoms with Crippen LogP contribution in [0.15, 0.2) is 24.3 Å². The third-order valence-corrected chi connectivity index (χ3v) is 3.37. The second kappa shape index (κ2) is 15.0. The molecule has 0 aliphatic rings. The largest absolute Gasteiger partial charge is 0.478 e. The van der Waals surface area contributed by atoms with E-state index >= 15 is 0 Å². The highest BCUT2D eigenvalue weighted by molar-refractivity contribution is 5.80. The van der Waals surface area contributed by atoms with Crippen molar-refractivity contribution >= 4 is 11.8 Å². The Hall–Kier alpha value is -1.38. The lowest BCUT2D eigenvalue weighted by Gasteiger charge is -2.01. The van der Waals surface area contributed by atoms with Gasteiger partial charge in [-0.1, -0.05) is 63.7 Å². The van der Waals surface area contributed by atoms with E-state index in [2.05, 4.69) is 6.92 Å². The van der Waals surface area contributed by atoms with Crippen LogP contribution in [0.4, 0.5) is 0 Å². The number of unbranched alkanes of at least 4 members (excludes halogenated alkanes) is 7. The molecule has 21 heavy (non-hydrogen) atoms. The van der Waals surface area contributed by atoms with Crippen LogP contribution < -0.4 is 0 Å². The van der Waals surface area contributed by atoms with Crippen LogP contribution in [0, 0.1) is 0 Å². The molecule has 0 atom stereocenters. The van der Waals surface area contributed by atoms with Gasteiger partial charge >= 0.3 is 5.97 Å². The van der Waals surface area contributed by atoms with Crippen molar-refractivity contribution in [1.82, 2.24) is 0 Å². The maximum atomic E-state index is 11.6. The molecule has 0 unspecified atom stereocenters. The average molecular weight is 294 g/mol. The quantitative estimate of drug-likeness (QED) is 0.277. The lowest BCUT2D eigenvalue weighted by atomic mass is 10.0. The molecule has 0 aromatic carbocycles. The number of hydrogen-bond acceptors (Lipinski definition) is 2. The lowest BCUT2D eigenvalue weighted by Crippen LogP contribution is -1.97. The molecule has 0 radical (unpaired) electrons. The van der Waals surface area contributed by atoms with E-state index in [1.165, 1.54) is 44.6 Å². The number of carbonyl (C=O) groups excluding carboxylic acids is 1. The van der Waals surface area contributed by atoms with Gasteiger partial charge in [-0.05, 0) is 19.3 Å². The Balaban J connectivity index is 3.36. The molecule has 3 nitrogen and oxygen atoms in total. The van der Waals surface area contributed by atoms with Gasteiger partial charge in [-0.25, -0.2) is 4.79 Å². The minimum Gasteiger partial charge on any atom is -0.478 e. The minimum absolute atomic E-state index is 0.359. The summed E-state index contributed by atoms with van der Waals surface area (Å²) in [4.78, 5) is 21.9. The number of carboxylic acid groups (broad SMARTS) is 1. The van der Waals surface area contributed by atoms with Crippen LogP contribution in [0.2, 0.25) is 0 Å². The van der Waals surface area contributed by atoms with Crippen molar-refractivity contribution in [2.75, 3.05) is 0 Å². The highest BCUT2D eigenvalue weighted by Gasteiger charge is 2.00. The van der Waals surface area contributed by atoms with Crippen molar-refractivity contribution in [3.63, 3.8) is 0 Å². The molecule has 0 saturated heterocycles. The number of aliphatic carboxylic acids is 1. The normalized spacial score (nSPS) is 11.5. The molecule has 3 heteroatoms. The fourth-order valence-corrected chi connectivity index (χ4v) is 2.13. The van der Waals surface area contributed by atoms with Crippen LogP contribution in [0.1, 0.15) is 77.6 Å². The molecule has 120 valence electrons. The Bertz CT molecular complexity index is 329. The maximum Gasteiger partial charge on any atom is 0.328 e. The molecular weight excluding hydrogens is 264 g/mol. The summed E-state index contributed by atoms with van der Waals surface area (Å²) in [6, 6.07) is 0. The van der Waals surface area contributed by atoms with Gasteiger partial charge in [-0.3, -0.25) is 4.79 Å². The summed E-state index contributed by atoms with van der Waals surface area (Å²) < 4.78 is 0. The molecule has 0 fully saturated rings. The summed E-state index contributed by atoms with van der Waals surface area (Å²) in [5.74, 6) is -0.581. The van der Waals surface area contributed by atoms with Gasteiger partial charge in [0.25, 0.3) is 0 Å². The van der Waals surface area contributed by atoms with Crippen LogP contribution in [0.25, 0.3) is 0 Å². The number of hydrogen-bond donors (Lipinski definition) is 1. The second-order valence-electron chi connectivity index (χ2n) is 5.43. The second-order valence-corrected chi connectivity index (χ2v) is 5.43. The van der Waals surface area contributed by atoms with Gasteiger partial charge in [0.1, 0.15) is 5.78 Å². The number of ketones is 1. The highest BCUT2D eigenvalue weighted by Crippen LogP contribution is 2.10. The molecular formula is C18H30O3. The smallest absolute Gasteiger partial charge is 0.328 e. The van der Waals surface area contributed by atoms with E-state index in [1.807, 2.05) is 6.08 Å². The zero-order valence-electron chi connectivity index (χ0n) is 13.4. The van der Waals surface area contributed by atoms with Crippen LogP contribution in [-0.2, 0) is 9.59 Å². The van der Waals surface area contributed by atoms with Crippen LogP contribution >= 0.6 is 0 Å². The molecule has 0 saturated carbocycles. The molecule has 0 aromatic rings. The minimum atomic E-state index is -0.940. The summed E-state index contributed by atoms with van der Waals surface area (Å²) in [5.41, 5.74) is 0. The van der Waals surface area contributed by atoms with Gasteiger partial charge in [-0.15, -0.1) is 0 Å². The first-order valence-corrected chi connectivity index (χ1v) is 8.24. The van der Waals surface area contributed by atoms with Gasteiger partial charge < -0.3 is 5.11 Å². The zero-order valence-corrected chi connectivity index (χ0v) is 13.4. The summed E-state index contributed by atoms with van der Waals surface area (Å²) in [6.45, 7) is 2.22. The summed E-state index contributed by atoms with van der Waals surface area (Å²) in [5, 5.41) is 8.39. The summed E-state index contributed by atoms with van der Waals surface area (Å²) in [6.07, 6.45) is 18.0. The maximum absolute atomic E-state index is 11.6. The molecule has 0 aromatic heterocycles. The molecule has 1 N–H and O–H groups in total. The van der Waals surface area contributed by atoms with Gasteiger partial charge in [0.05, 0.1) is 0 Å². The molecule has 0 heterocycles. The molecule has 0 aliphatic carbocycles. The Labute approximate surface area is 129 Å². The van der Waals surface area contributed by atoms with Crippen LogP contribution in [0.5, 0.6) is 0 Å². The SMILES string of the molecule is CCCCCCCCCC(=O)CCC/C=C\C=C\C(=O)O. The third-order valence-electron chi connectivity index (χ3n) is 3.37. The van der Waals surface area contributed by atoms with Gasteiger partial charge in [-0.2, -0.15) is 0 Å². The number of carboxylic acids is 1. The molecule has 0 bridgehead atoms. The Morgan fingerprint density at radius 1 is 0.857 bits per heavy atom. The van der Waals surface area contributed by atoms with E-state index in [0.29, 0.717) is 12.2 Å². The molecule has 0 aliphatic heterocycles. The first-order valence-electron chi connectivity index (χ1n) is 8.24. The van der Waals surface area contributed by atoms with E-state index in [-0.39, 0.29) is 0 Å². The number of allylic oxidation sites excluding steroid dienone is 3. The molecule has 0 amide bonds. The Morgan fingerprint density at radius 3 is 2.14 bits per heavy atom. The predicted octanol–water partition coefficient (Wildman–Crippen LogP) is 5.06. The standard InChI is InChI=1S/C18H30O3/c1-2-3-4-5-6-8-11-14-17(19)15-12-9-7-10-13-16-18(20)21/h7,10,13,16H,2-6,8-9,11-12,14-15H2,1H3,(H,20,21)/b10-7-,16-13+. The van der Waals surface area contributed by atoms with E-state index in [0.717, 1.165) is 31.8 Å². The van der Waals surface area contributed by atoms with Crippen LogP contribution in [-0.4, -0.2) is 16.9 Å². The zero-order chi connectivity index (χ0) is 15.8. The van der Waals surface area contributed by atoms with Crippen molar-refractivity contribution in [2.45, 2.75) is 77.6 Å². The third kappa shape index (κ3) is 16.6. The first kappa shape index (κ1) is 19.6. The lowest BCUT2D eigenvalue weighted by molar-refractivity contribution is -0.131. The Morgan fingerprint density at radius 2 is 1.48 bits per heavy atom. The average Bonchev–Trinajstić information content (AvgIpc) is 2.45. The van der Waals surface area contributed by atoms with Gasteiger partial charge in [0.2, 0.25) is 0 Å². The Kier molecular flexibility index (Phi) is 14.0. The van der Waals surface area contributed by atoms with E-state index in [1.54, 1.807) is 6.08 Å². The molecule has 0 spiro atoms. The van der Waals surface area contributed by atoms with E-state index < -0.39 is 5.97 Å². The van der Waals surface area contributed by atoms with Crippen molar-refractivity contribution < 1.29 is 14.7 Å². The topological polar surface area (TPSA) is 54.4 Å². The molecule has 0 rings (SSSR count). The number of rotatable bonds is 14. The van der Waals surface area contributed by atoms with E-state index in [9.17, 15) is 9.59 Å². The summed E-state index contributed by atoms with van der Waals surface area (Å²) >= 11 is 0. The first-order chi connectivity index (χ1) is 10.2. The fourth-order valence-electron chi connectivity index (χ4n) is 2.13. The highest BCUT2D eigenvalue weighted by atomic mass is 16.4. The van der Waals surface area contributed by atoms with Crippen LogP contribution in [0.3, 0.4) is 0 Å². The van der Waals surface area contributed by atoms with Gasteiger partial charge in [0, 0.05) is 18.9 Å². The number of carbonyl (C=O) groups is 2. The van der Waals surface area contributed by atoms with Crippen molar-refractivity contribution in [3.8, 4) is 0 Å². The monoisotopic (exact) mass is 294 g/mol. The van der Waals surface area contributed by atoms with Crippen molar-refractivity contribution in [3.05, 3.63) is 24.3 Å². The van der Waals surface area contributed by atoms with Crippen molar-refractivity contribution in [1.29, 1.82) is 0 Å². The fraction of sp³-hybridized carbons (Fsp3) is 0.667. The van der Waals surface area contributed by atoms with Gasteiger partial charge in [0.15, 0.2) is 0 Å². The van der Waals surface area contributed by atoms with Crippen molar-refractivity contribution in [2.24, 2.45) is 0 Å².